The zero-order valence-electron chi connectivity index (χ0n) is 9.19. The summed E-state index contributed by atoms with van der Waals surface area (Å²) in [4.78, 5) is 0. The summed E-state index contributed by atoms with van der Waals surface area (Å²) in [6, 6.07) is 0.309. The minimum Gasteiger partial charge on any atom is -0.381 e. The third-order valence-electron chi connectivity index (χ3n) is 2.62. The number of rotatable bonds is 4. The third kappa shape index (κ3) is 2.53. The van der Waals surface area contributed by atoms with Crippen molar-refractivity contribution in [2.75, 3.05) is 19.8 Å². The van der Waals surface area contributed by atoms with E-state index in [0.29, 0.717) is 12.0 Å². The third-order valence-corrected chi connectivity index (χ3v) is 3.88. The first-order valence-electron chi connectivity index (χ1n) is 5.45. The van der Waals surface area contributed by atoms with Gasteiger partial charge in [-0.05, 0) is 19.9 Å². The molecule has 0 spiro atoms. The van der Waals surface area contributed by atoms with Gasteiger partial charge in [0.2, 0.25) is 0 Å². The molecule has 1 aliphatic rings. The lowest BCUT2D eigenvalue weighted by Gasteiger charge is -2.06. The molecule has 2 unspecified atom stereocenters. The van der Waals surface area contributed by atoms with E-state index in [2.05, 4.69) is 29.4 Å². The summed E-state index contributed by atoms with van der Waals surface area (Å²) in [5.74, 6) is 0.477. The molecule has 1 aliphatic heterocycles. The number of hydrogen-bond donors (Lipinski definition) is 1. The molecule has 1 aromatic heterocycles. The fraction of sp³-hybridized carbons (Fsp3) is 0.800. The maximum Gasteiger partial charge on any atom is 0.134 e. The van der Waals surface area contributed by atoms with E-state index in [0.717, 1.165) is 36.2 Å². The van der Waals surface area contributed by atoms with Crippen molar-refractivity contribution in [2.45, 2.75) is 32.2 Å². The molecule has 2 heterocycles. The highest BCUT2D eigenvalue weighted by molar-refractivity contribution is 7.11. The quantitative estimate of drug-likeness (QED) is 0.850. The van der Waals surface area contributed by atoms with Crippen LogP contribution in [-0.4, -0.2) is 30.0 Å². The molecule has 0 amide bonds. The number of hydrogen-bond acceptors (Lipinski definition) is 5. The molecule has 1 fully saturated rings. The first-order chi connectivity index (χ1) is 7.31. The van der Waals surface area contributed by atoms with Crippen molar-refractivity contribution in [3.8, 4) is 0 Å². The fourth-order valence-corrected chi connectivity index (χ4v) is 2.70. The van der Waals surface area contributed by atoms with Gasteiger partial charge in [0.05, 0.1) is 12.6 Å². The lowest BCUT2D eigenvalue weighted by atomic mass is 10.1. The van der Waals surface area contributed by atoms with Crippen LogP contribution in [0.5, 0.6) is 0 Å². The summed E-state index contributed by atoms with van der Waals surface area (Å²) in [7, 11) is 0. The zero-order valence-corrected chi connectivity index (χ0v) is 10.0. The van der Waals surface area contributed by atoms with Crippen LogP contribution in [0.15, 0.2) is 0 Å². The van der Waals surface area contributed by atoms with Gasteiger partial charge in [-0.3, -0.25) is 0 Å². The Balaban J connectivity index is 2.02. The van der Waals surface area contributed by atoms with Crippen LogP contribution >= 0.6 is 11.3 Å². The van der Waals surface area contributed by atoms with E-state index in [1.807, 2.05) is 0 Å². The van der Waals surface area contributed by atoms with Crippen LogP contribution in [0.25, 0.3) is 0 Å². The van der Waals surface area contributed by atoms with Crippen molar-refractivity contribution in [1.82, 2.24) is 15.5 Å². The Kier molecular flexibility index (Phi) is 3.66. The lowest BCUT2D eigenvalue weighted by Crippen LogP contribution is -2.17. The smallest absolute Gasteiger partial charge is 0.134 e. The highest BCUT2D eigenvalue weighted by Crippen LogP contribution is 2.29. The fourth-order valence-electron chi connectivity index (χ4n) is 1.71. The molecule has 0 aromatic carbocycles. The molecule has 0 radical (unpaired) electrons. The Labute approximate surface area is 94.1 Å². The van der Waals surface area contributed by atoms with Gasteiger partial charge in [-0.15, -0.1) is 10.2 Å². The molecule has 0 saturated carbocycles. The van der Waals surface area contributed by atoms with Crippen molar-refractivity contribution in [1.29, 1.82) is 0 Å². The maximum atomic E-state index is 5.35. The molecular formula is C10H17N3OS. The van der Waals surface area contributed by atoms with Crippen molar-refractivity contribution < 1.29 is 4.74 Å². The molecule has 1 N–H and O–H groups in total. The van der Waals surface area contributed by atoms with Crippen LogP contribution in [0.3, 0.4) is 0 Å². The van der Waals surface area contributed by atoms with Crippen LogP contribution in [0.1, 0.15) is 42.2 Å². The average Bonchev–Trinajstić information content (AvgIpc) is 2.89. The second-order valence-corrected chi connectivity index (χ2v) is 4.86. The van der Waals surface area contributed by atoms with Crippen molar-refractivity contribution >= 4 is 11.3 Å². The summed E-state index contributed by atoms with van der Waals surface area (Å²) in [5, 5.41) is 14.0. The monoisotopic (exact) mass is 227 g/mol. The van der Waals surface area contributed by atoms with Crippen LogP contribution < -0.4 is 5.32 Å². The van der Waals surface area contributed by atoms with Gasteiger partial charge in [0, 0.05) is 12.5 Å². The van der Waals surface area contributed by atoms with Gasteiger partial charge in [-0.25, -0.2) is 0 Å². The molecule has 0 aliphatic carbocycles. The van der Waals surface area contributed by atoms with Crippen LogP contribution in [0, 0.1) is 0 Å². The second kappa shape index (κ2) is 5.01. The molecule has 15 heavy (non-hydrogen) atoms. The maximum absolute atomic E-state index is 5.35. The standard InChI is InChI=1S/C10H17N3OS/c1-3-11-7(2)9-12-13-10(15-9)8-4-5-14-6-8/h7-8,11H,3-6H2,1-2H3. The van der Waals surface area contributed by atoms with E-state index < -0.39 is 0 Å². The Morgan fingerprint density at radius 3 is 3.13 bits per heavy atom. The first-order valence-corrected chi connectivity index (χ1v) is 6.27. The summed E-state index contributed by atoms with van der Waals surface area (Å²) >= 11 is 1.71. The van der Waals surface area contributed by atoms with Crippen LogP contribution in [0.4, 0.5) is 0 Å². The van der Waals surface area contributed by atoms with Gasteiger partial charge < -0.3 is 10.1 Å². The Hall–Kier alpha value is -0.520. The van der Waals surface area contributed by atoms with E-state index in [1.54, 1.807) is 11.3 Å². The molecule has 84 valence electrons. The van der Waals surface area contributed by atoms with Gasteiger partial charge in [0.25, 0.3) is 0 Å². The van der Waals surface area contributed by atoms with Gasteiger partial charge >= 0.3 is 0 Å². The van der Waals surface area contributed by atoms with E-state index in [-0.39, 0.29) is 0 Å². The lowest BCUT2D eigenvalue weighted by molar-refractivity contribution is 0.194. The van der Waals surface area contributed by atoms with E-state index >= 15 is 0 Å². The van der Waals surface area contributed by atoms with Crippen LogP contribution in [-0.2, 0) is 4.74 Å². The molecule has 1 saturated heterocycles. The Bertz CT molecular complexity index is 309. The predicted octanol–water partition coefficient (Wildman–Crippen LogP) is 1.71. The summed E-state index contributed by atoms with van der Waals surface area (Å²) < 4.78 is 5.35. The molecule has 2 atom stereocenters. The van der Waals surface area contributed by atoms with E-state index in [1.165, 1.54) is 0 Å². The first kappa shape index (κ1) is 11.0. The molecule has 4 nitrogen and oxygen atoms in total. The minimum atomic E-state index is 0.309. The molecular weight excluding hydrogens is 210 g/mol. The zero-order chi connectivity index (χ0) is 10.7. The SMILES string of the molecule is CCNC(C)c1nnc(C2CCOC2)s1. The molecule has 2 rings (SSSR count). The highest BCUT2D eigenvalue weighted by atomic mass is 32.1. The molecule has 5 heteroatoms. The van der Waals surface area contributed by atoms with Crippen molar-refractivity contribution in [3.05, 3.63) is 10.0 Å². The number of ether oxygens (including phenoxy) is 1. The summed E-state index contributed by atoms with van der Waals surface area (Å²) in [6.07, 6.45) is 1.09. The van der Waals surface area contributed by atoms with E-state index in [9.17, 15) is 0 Å². The highest BCUT2D eigenvalue weighted by Gasteiger charge is 2.22. The summed E-state index contributed by atoms with van der Waals surface area (Å²) in [6.45, 7) is 6.86. The second-order valence-electron chi connectivity index (χ2n) is 3.82. The molecule has 0 bridgehead atoms. The molecule has 1 aromatic rings. The Morgan fingerprint density at radius 1 is 1.60 bits per heavy atom. The normalized spacial score (nSPS) is 23.2. The van der Waals surface area contributed by atoms with Crippen LogP contribution in [0.2, 0.25) is 0 Å². The van der Waals surface area contributed by atoms with E-state index in [4.69, 9.17) is 4.74 Å². The Morgan fingerprint density at radius 2 is 2.47 bits per heavy atom. The summed E-state index contributed by atoms with van der Waals surface area (Å²) in [5.41, 5.74) is 0. The topological polar surface area (TPSA) is 47.0 Å². The predicted molar refractivity (Wildman–Crippen MR) is 60.2 cm³/mol. The number of aromatic nitrogens is 2. The van der Waals surface area contributed by atoms with Gasteiger partial charge in [-0.2, -0.15) is 0 Å². The number of nitrogens with one attached hydrogen (secondary N) is 1. The van der Waals surface area contributed by atoms with Gasteiger partial charge in [-0.1, -0.05) is 18.3 Å². The largest absolute Gasteiger partial charge is 0.381 e. The van der Waals surface area contributed by atoms with Gasteiger partial charge in [0.15, 0.2) is 0 Å². The van der Waals surface area contributed by atoms with Gasteiger partial charge in [0.1, 0.15) is 10.0 Å². The van der Waals surface area contributed by atoms with Crippen molar-refractivity contribution in [2.24, 2.45) is 0 Å². The average molecular weight is 227 g/mol. The van der Waals surface area contributed by atoms with Crippen molar-refractivity contribution in [3.63, 3.8) is 0 Å². The number of nitrogens with zero attached hydrogens (tertiary/aromatic N) is 2. The minimum absolute atomic E-state index is 0.309.